The number of hydrazone groups is 1. The molecule has 0 saturated heterocycles. The highest BCUT2D eigenvalue weighted by Crippen LogP contribution is 2.21. The maximum absolute atomic E-state index is 13.4. The fraction of sp³-hybridized carbons (Fsp3) is 0.0690. The number of rotatable bonds is 6. The van der Waals surface area contributed by atoms with Crippen LogP contribution in [0.25, 0.3) is 21.5 Å². The van der Waals surface area contributed by atoms with E-state index in [9.17, 15) is 14.4 Å². The van der Waals surface area contributed by atoms with Gasteiger partial charge in [0.15, 0.2) is 6.04 Å². The number of nitrogens with one attached hydrogen (secondary N) is 3. The van der Waals surface area contributed by atoms with E-state index in [1.54, 1.807) is 61.5 Å². The largest absolute Gasteiger partial charge is 0.335 e. The molecule has 8 heteroatoms. The molecule has 0 bridgehead atoms. The molecule has 1 atom stereocenters. The summed E-state index contributed by atoms with van der Waals surface area (Å²) in [6, 6.07) is 28.0. The van der Waals surface area contributed by atoms with E-state index in [4.69, 9.17) is 0 Å². The normalized spacial score (nSPS) is 12.3. The first-order chi connectivity index (χ1) is 18.0. The van der Waals surface area contributed by atoms with Gasteiger partial charge in [0.05, 0.1) is 11.1 Å². The van der Waals surface area contributed by atoms with Crippen molar-refractivity contribution in [2.45, 2.75) is 13.0 Å². The van der Waals surface area contributed by atoms with Gasteiger partial charge in [0.25, 0.3) is 17.4 Å². The highest BCUT2D eigenvalue weighted by molar-refractivity contribution is 6.03. The molecule has 3 N–H and O–H groups in total. The van der Waals surface area contributed by atoms with Gasteiger partial charge in [-0.15, -0.1) is 0 Å². The lowest BCUT2D eigenvalue weighted by molar-refractivity contribution is -0.123. The second kappa shape index (κ2) is 10.2. The number of fused-ring (bicyclic) bond motifs is 2. The summed E-state index contributed by atoms with van der Waals surface area (Å²) in [4.78, 5) is 38.7. The third-order valence-corrected chi connectivity index (χ3v) is 6.07. The minimum atomic E-state index is -1.22. The van der Waals surface area contributed by atoms with Crippen LogP contribution in [-0.4, -0.2) is 27.7 Å². The average molecular weight is 490 g/mol. The molecule has 4 aromatic carbocycles. The van der Waals surface area contributed by atoms with Gasteiger partial charge in [0.2, 0.25) is 0 Å². The molecule has 37 heavy (non-hydrogen) atoms. The number of carbonyl (C=O) groups excluding carboxylic acids is 2. The quantitative estimate of drug-likeness (QED) is 0.246. The molecule has 8 nitrogen and oxygen atoms in total. The molecule has 2 amide bonds. The summed E-state index contributed by atoms with van der Waals surface area (Å²) in [5.41, 5.74) is 4.19. The van der Waals surface area contributed by atoms with Gasteiger partial charge in [-0.05, 0) is 47.5 Å². The van der Waals surface area contributed by atoms with Crippen molar-refractivity contribution in [1.29, 1.82) is 0 Å². The van der Waals surface area contributed by atoms with Crippen LogP contribution in [-0.2, 0) is 4.79 Å². The molecule has 5 rings (SSSR count). The predicted octanol–water partition coefficient (Wildman–Crippen LogP) is 4.09. The minimum Gasteiger partial charge on any atom is -0.335 e. The lowest BCUT2D eigenvalue weighted by atomic mass is 10.0. The van der Waals surface area contributed by atoms with Gasteiger partial charge in [-0.25, -0.2) is 10.5 Å². The Labute approximate surface area is 212 Å². The van der Waals surface area contributed by atoms with Crippen molar-refractivity contribution in [3.8, 4) is 0 Å². The lowest BCUT2D eigenvalue weighted by Crippen LogP contribution is -2.40. The van der Waals surface area contributed by atoms with Crippen molar-refractivity contribution < 1.29 is 9.59 Å². The second-order valence-electron chi connectivity index (χ2n) is 8.49. The number of aromatic nitrogens is 2. The molecule has 5 aromatic rings. The zero-order valence-corrected chi connectivity index (χ0v) is 19.9. The Kier molecular flexibility index (Phi) is 6.54. The van der Waals surface area contributed by atoms with Crippen LogP contribution in [0.2, 0.25) is 0 Å². The van der Waals surface area contributed by atoms with Crippen molar-refractivity contribution in [3.05, 3.63) is 124 Å². The minimum absolute atomic E-state index is 0.204. The van der Waals surface area contributed by atoms with Crippen LogP contribution in [0, 0.1) is 0 Å². The number of amides is 2. The van der Waals surface area contributed by atoms with Crippen LogP contribution in [0.4, 0.5) is 0 Å². The van der Waals surface area contributed by atoms with Gasteiger partial charge in [0, 0.05) is 10.9 Å². The Balaban J connectivity index is 1.48. The third kappa shape index (κ3) is 4.99. The van der Waals surface area contributed by atoms with E-state index >= 15 is 0 Å². The van der Waals surface area contributed by atoms with Crippen LogP contribution in [0.1, 0.15) is 34.6 Å². The van der Waals surface area contributed by atoms with Crippen LogP contribution in [0.3, 0.4) is 0 Å². The SMILES string of the molecule is C/C(=N\NC(=O)C(NC(=O)c1ccccc1)c1n[nH]c(=O)c2ccccc12)c1ccc2ccccc2c1. The molecule has 1 unspecified atom stereocenters. The van der Waals surface area contributed by atoms with Crippen LogP contribution in [0.15, 0.2) is 107 Å². The van der Waals surface area contributed by atoms with Crippen molar-refractivity contribution in [2.75, 3.05) is 0 Å². The van der Waals surface area contributed by atoms with Gasteiger partial charge in [-0.1, -0.05) is 72.8 Å². The number of H-pyrrole nitrogens is 1. The monoisotopic (exact) mass is 489 g/mol. The zero-order chi connectivity index (χ0) is 25.8. The van der Waals surface area contributed by atoms with Gasteiger partial charge >= 0.3 is 0 Å². The van der Waals surface area contributed by atoms with E-state index in [0.29, 0.717) is 22.0 Å². The topological polar surface area (TPSA) is 116 Å². The smallest absolute Gasteiger partial charge is 0.272 e. The molecule has 0 aliphatic heterocycles. The van der Waals surface area contributed by atoms with E-state index in [0.717, 1.165) is 16.3 Å². The van der Waals surface area contributed by atoms with E-state index in [1.165, 1.54) is 0 Å². The first-order valence-electron chi connectivity index (χ1n) is 11.7. The molecule has 1 aromatic heterocycles. The molecule has 0 aliphatic rings. The molecule has 1 heterocycles. The van der Waals surface area contributed by atoms with Crippen molar-refractivity contribution in [3.63, 3.8) is 0 Å². The summed E-state index contributed by atoms with van der Waals surface area (Å²) < 4.78 is 0. The van der Waals surface area contributed by atoms with E-state index in [2.05, 4.69) is 26.0 Å². The van der Waals surface area contributed by atoms with Crippen LogP contribution < -0.4 is 16.3 Å². The predicted molar refractivity (Wildman–Crippen MR) is 143 cm³/mol. The number of nitrogens with zero attached hydrogens (tertiary/aromatic N) is 2. The number of aromatic amines is 1. The fourth-order valence-corrected chi connectivity index (χ4v) is 4.10. The first kappa shape index (κ1) is 23.6. The zero-order valence-electron chi connectivity index (χ0n) is 19.9. The number of carbonyl (C=O) groups is 2. The summed E-state index contributed by atoms with van der Waals surface area (Å²) in [7, 11) is 0. The molecule has 0 fully saturated rings. The molecule has 0 saturated carbocycles. The highest BCUT2D eigenvalue weighted by Gasteiger charge is 2.27. The van der Waals surface area contributed by atoms with E-state index < -0.39 is 23.4 Å². The van der Waals surface area contributed by atoms with Crippen LogP contribution in [0.5, 0.6) is 0 Å². The number of hydrogen-bond acceptors (Lipinski definition) is 5. The Morgan fingerprint density at radius 3 is 2.27 bits per heavy atom. The Bertz CT molecular complexity index is 1710. The summed E-state index contributed by atoms with van der Waals surface area (Å²) in [5.74, 6) is -1.07. The maximum Gasteiger partial charge on any atom is 0.272 e. The lowest BCUT2D eigenvalue weighted by Gasteiger charge is -2.18. The Morgan fingerprint density at radius 1 is 0.811 bits per heavy atom. The summed E-state index contributed by atoms with van der Waals surface area (Å²) in [6.07, 6.45) is 0. The van der Waals surface area contributed by atoms with Crippen molar-refractivity contribution in [2.24, 2.45) is 5.10 Å². The van der Waals surface area contributed by atoms with Gasteiger partial charge in [-0.3, -0.25) is 14.4 Å². The van der Waals surface area contributed by atoms with Crippen molar-refractivity contribution >= 4 is 39.1 Å². The van der Waals surface area contributed by atoms with Gasteiger partial charge in [-0.2, -0.15) is 10.2 Å². The molecular formula is C29H23N5O3. The number of hydrogen-bond donors (Lipinski definition) is 3. The third-order valence-electron chi connectivity index (χ3n) is 6.07. The maximum atomic E-state index is 13.4. The summed E-state index contributed by atoms with van der Waals surface area (Å²) in [6.45, 7) is 1.79. The van der Waals surface area contributed by atoms with E-state index in [-0.39, 0.29) is 5.69 Å². The van der Waals surface area contributed by atoms with Gasteiger partial charge in [0.1, 0.15) is 5.69 Å². The fourth-order valence-electron chi connectivity index (χ4n) is 4.10. The molecule has 0 spiro atoms. The van der Waals surface area contributed by atoms with Gasteiger partial charge < -0.3 is 5.32 Å². The summed E-state index contributed by atoms with van der Waals surface area (Å²) >= 11 is 0. The Morgan fingerprint density at radius 2 is 1.49 bits per heavy atom. The van der Waals surface area contributed by atoms with E-state index in [1.807, 2.05) is 42.5 Å². The van der Waals surface area contributed by atoms with Crippen LogP contribution >= 0.6 is 0 Å². The highest BCUT2D eigenvalue weighted by atomic mass is 16.2. The molecule has 0 radical (unpaired) electrons. The molecule has 0 aliphatic carbocycles. The number of benzene rings is 4. The molecule has 182 valence electrons. The van der Waals surface area contributed by atoms with Crippen molar-refractivity contribution in [1.82, 2.24) is 20.9 Å². The second-order valence-corrected chi connectivity index (χ2v) is 8.49. The summed E-state index contributed by atoms with van der Waals surface area (Å²) in [5, 5.41) is 16.6. The Hall–Kier alpha value is -5.11. The first-order valence-corrected chi connectivity index (χ1v) is 11.7. The standard InChI is InChI=1S/C29H23N5O3/c1-18(21-16-15-19-9-5-6-12-22(19)17-21)31-34-29(37)26(30-27(35)20-10-3-2-4-11-20)25-23-13-7-8-14-24(23)28(36)33-32-25/h2-17,26H,1H3,(H,30,35)(H,33,36)(H,34,37)/b31-18+. The average Bonchev–Trinajstić information content (AvgIpc) is 2.95. The molecular weight excluding hydrogens is 466 g/mol.